The molecule has 2 aromatic heterocycles. The number of aromatic hydroxyl groups is 3. The number of rotatable bonds is 3. The number of phenolic OH excluding ortho intramolecular Hbond substituents is 1. The van der Waals surface area contributed by atoms with E-state index < -0.39 is 28.8 Å². The van der Waals surface area contributed by atoms with Gasteiger partial charge in [-0.3, -0.25) is 9.59 Å². The van der Waals surface area contributed by atoms with Crippen LogP contribution < -0.4 is 11.1 Å². The maximum absolute atomic E-state index is 12.2. The van der Waals surface area contributed by atoms with Gasteiger partial charge in [0, 0.05) is 0 Å². The minimum atomic E-state index is -1.14. The molecule has 9 heteroatoms. The fourth-order valence-electron chi connectivity index (χ4n) is 2.47. The molecule has 9 nitrogen and oxygen atoms in total. The standard InChI is InChI=1S/C15H12N4O5/c20-8-3-1-7(2-4-8)9(10-12(21)16-5-17-13(10)22)11-14(23)18-6-19-15(11)24/h1-6,9,20H,(H2,16,17,21,22)(H2,18,19,23,24). The lowest BCUT2D eigenvalue weighted by Gasteiger charge is -2.17. The summed E-state index contributed by atoms with van der Waals surface area (Å²) in [6.45, 7) is 0. The predicted octanol–water partition coefficient (Wildman–Crippen LogP) is 0.150. The minimum Gasteiger partial charge on any atom is -0.508 e. The Balaban J connectivity index is 2.36. The van der Waals surface area contributed by atoms with Gasteiger partial charge in [0.25, 0.3) is 11.1 Å². The summed E-state index contributed by atoms with van der Waals surface area (Å²) in [6, 6.07) is 5.62. The SMILES string of the molecule is O=c1[nH]cnc(O)c1C(c1ccc(O)cc1)c1c(O)nc[nH]c1=O. The van der Waals surface area contributed by atoms with Crippen molar-refractivity contribution < 1.29 is 15.3 Å². The largest absolute Gasteiger partial charge is 0.508 e. The fraction of sp³-hybridized carbons (Fsp3) is 0.0667. The highest BCUT2D eigenvalue weighted by molar-refractivity contribution is 5.48. The van der Waals surface area contributed by atoms with Crippen molar-refractivity contribution >= 4 is 0 Å². The average molecular weight is 328 g/mol. The van der Waals surface area contributed by atoms with Crippen LogP contribution in [-0.2, 0) is 0 Å². The normalized spacial score (nSPS) is 10.9. The summed E-state index contributed by atoms with van der Waals surface area (Å²) in [5.74, 6) is -2.33. The summed E-state index contributed by atoms with van der Waals surface area (Å²) in [5, 5.41) is 29.5. The van der Waals surface area contributed by atoms with Crippen molar-refractivity contribution in [2.75, 3.05) is 0 Å². The lowest BCUT2D eigenvalue weighted by Crippen LogP contribution is -2.24. The van der Waals surface area contributed by atoms with Crippen molar-refractivity contribution in [3.63, 3.8) is 0 Å². The number of aromatic amines is 2. The Morgan fingerprint density at radius 3 is 1.67 bits per heavy atom. The molecule has 0 aliphatic carbocycles. The molecule has 0 saturated carbocycles. The molecule has 1 aromatic carbocycles. The number of phenols is 1. The molecule has 3 rings (SSSR count). The molecule has 0 aliphatic heterocycles. The molecule has 0 saturated heterocycles. The Kier molecular flexibility index (Phi) is 3.74. The van der Waals surface area contributed by atoms with Crippen LogP contribution in [-0.4, -0.2) is 35.3 Å². The van der Waals surface area contributed by atoms with Crippen LogP contribution in [0.25, 0.3) is 0 Å². The van der Waals surface area contributed by atoms with E-state index in [9.17, 15) is 24.9 Å². The summed E-state index contributed by atoms with van der Waals surface area (Å²) in [4.78, 5) is 36.3. The van der Waals surface area contributed by atoms with Crippen LogP contribution in [0, 0.1) is 0 Å². The van der Waals surface area contributed by atoms with Gasteiger partial charge in [0.2, 0.25) is 11.8 Å². The van der Waals surface area contributed by atoms with Crippen LogP contribution in [0.4, 0.5) is 0 Å². The monoisotopic (exact) mass is 328 g/mol. The second kappa shape index (κ2) is 5.88. The Hall–Kier alpha value is -3.62. The molecular weight excluding hydrogens is 316 g/mol. The van der Waals surface area contributed by atoms with E-state index in [0.29, 0.717) is 5.56 Å². The van der Waals surface area contributed by atoms with Gasteiger partial charge in [-0.2, -0.15) is 0 Å². The van der Waals surface area contributed by atoms with Crippen molar-refractivity contribution in [1.29, 1.82) is 0 Å². The van der Waals surface area contributed by atoms with E-state index in [1.807, 2.05) is 0 Å². The van der Waals surface area contributed by atoms with Gasteiger partial charge in [0.1, 0.15) is 5.75 Å². The first-order valence-corrected chi connectivity index (χ1v) is 6.81. The number of hydrogen-bond acceptors (Lipinski definition) is 7. The summed E-state index contributed by atoms with van der Waals surface area (Å²) in [7, 11) is 0. The molecule has 0 unspecified atom stereocenters. The third-order valence-corrected chi connectivity index (χ3v) is 3.54. The highest BCUT2D eigenvalue weighted by atomic mass is 16.3. The Bertz CT molecular complexity index is 934. The number of hydrogen-bond donors (Lipinski definition) is 5. The first-order chi connectivity index (χ1) is 11.5. The van der Waals surface area contributed by atoms with E-state index >= 15 is 0 Å². The summed E-state index contributed by atoms with van der Waals surface area (Å²) < 4.78 is 0. The van der Waals surface area contributed by atoms with Gasteiger partial charge >= 0.3 is 0 Å². The molecule has 0 atom stereocenters. The van der Waals surface area contributed by atoms with Crippen LogP contribution in [0.3, 0.4) is 0 Å². The molecule has 0 fully saturated rings. The predicted molar refractivity (Wildman–Crippen MR) is 82.1 cm³/mol. The van der Waals surface area contributed by atoms with Gasteiger partial charge in [-0.15, -0.1) is 0 Å². The third-order valence-electron chi connectivity index (χ3n) is 3.54. The second-order valence-electron chi connectivity index (χ2n) is 4.96. The lowest BCUT2D eigenvalue weighted by molar-refractivity contribution is 0.432. The van der Waals surface area contributed by atoms with Crippen molar-refractivity contribution in [2.45, 2.75) is 5.92 Å². The van der Waals surface area contributed by atoms with E-state index in [-0.39, 0.29) is 16.9 Å². The number of nitrogens with one attached hydrogen (secondary N) is 2. The maximum Gasteiger partial charge on any atom is 0.258 e. The first kappa shape index (κ1) is 15.3. The topological polar surface area (TPSA) is 152 Å². The Morgan fingerprint density at radius 1 is 0.792 bits per heavy atom. The molecular formula is C15H12N4O5. The highest BCUT2D eigenvalue weighted by Gasteiger charge is 2.29. The van der Waals surface area contributed by atoms with Gasteiger partial charge in [-0.05, 0) is 17.7 Å². The smallest absolute Gasteiger partial charge is 0.258 e. The van der Waals surface area contributed by atoms with Gasteiger partial charge < -0.3 is 25.3 Å². The number of H-pyrrole nitrogens is 2. The third kappa shape index (κ3) is 2.58. The molecule has 3 aromatic rings. The van der Waals surface area contributed by atoms with E-state index in [4.69, 9.17) is 0 Å². The molecule has 0 aliphatic rings. The van der Waals surface area contributed by atoms with Gasteiger partial charge in [0.05, 0.1) is 29.7 Å². The number of nitrogens with zero attached hydrogens (tertiary/aromatic N) is 2. The van der Waals surface area contributed by atoms with Crippen LogP contribution in [0.15, 0.2) is 46.5 Å². The molecule has 0 radical (unpaired) electrons. The van der Waals surface area contributed by atoms with Crippen molar-refractivity contribution in [3.8, 4) is 17.5 Å². The minimum absolute atomic E-state index is 0.0221. The van der Waals surface area contributed by atoms with E-state index in [0.717, 1.165) is 12.7 Å². The highest BCUT2D eigenvalue weighted by Crippen LogP contribution is 2.35. The van der Waals surface area contributed by atoms with Gasteiger partial charge in [0.15, 0.2) is 0 Å². The molecule has 24 heavy (non-hydrogen) atoms. The van der Waals surface area contributed by atoms with Crippen molar-refractivity contribution in [1.82, 2.24) is 19.9 Å². The van der Waals surface area contributed by atoms with Crippen molar-refractivity contribution in [2.24, 2.45) is 0 Å². The lowest BCUT2D eigenvalue weighted by atomic mass is 9.87. The van der Waals surface area contributed by atoms with Crippen molar-refractivity contribution in [3.05, 3.63) is 74.3 Å². The van der Waals surface area contributed by atoms with Crippen LogP contribution in [0.1, 0.15) is 22.6 Å². The Labute approximate surface area is 133 Å². The quantitative estimate of drug-likeness (QED) is 0.459. The van der Waals surface area contributed by atoms with Crippen LogP contribution in [0.2, 0.25) is 0 Å². The van der Waals surface area contributed by atoms with Crippen LogP contribution in [0.5, 0.6) is 17.5 Å². The molecule has 2 heterocycles. The number of aromatic nitrogens is 4. The van der Waals surface area contributed by atoms with Gasteiger partial charge in [-0.25, -0.2) is 9.97 Å². The molecule has 0 bridgehead atoms. The zero-order chi connectivity index (χ0) is 17.3. The maximum atomic E-state index is 12.2. The van der Waals surface area contributed by atoms with E-state index in [2.05, 4.69) is 19.9 Å². The van der Waals surface area contributed by atoms with E-state index in [1.165, 1.54) is 24.3 Å². The van der Waals surface area contributed by atoms with Gasteiger partial charge in [-0.1, -0.05) is 12.1 Å². The summed E-state index contributed by atoms with van der Waals surface area (Å²) in [5.41, 5.74) is -1.43. The zero-order valence-corrected chi connectivity index (χ0v) is 12.1. The molecule has 122 valence electrons. The first-order valence-electron chi connectivity index (χ1n) is 6.81. The molecule has 0 amide bonds. The molecule has 0 spiro atoms. The zero-order valence-electron chi connectivity index (χ0n) is 12.1. The molecule has 5 N–H and O–H groups in total. The number of benzene rings is 1. The summed E-state index contributed by atoms with van der Waals surface area (Å²) >= 11 is 0. The average Bonchev–Trinajstić information content (AvgIpc) is 2.54. The van der Waals surface area contributed by atoms with Crippen LogP contribution >= 0.6 is 0 Å². The fourth-order valence-corrected chi connectivity index (χ4v) is 2.47. The Morgan fingerprint density at radius 2 is 1.25 bits per heavy atom. The van der Waals surface area contributed by atoms with E-state index in [1.54, 1.807) is 0 Å². The summed E-state index contributed by atoms with van der Waals surface area (Å²) in [6.07, 6.45) is 2.03. The second-order valence-corrected chi connectivity index (χ2v) is 4.96.